The number of methoxy groups -OCH3 is 1. The van der Waals surface area contributed by atoms with Gasteiger partial charge < -0.3 is 9.84 Å². The number of thiophene rings is 1. The monoisotopic (exact) mass is 286 g/mol. The van der Waals surface area contributed by atoms with Crippen molar-refractivity contribution in [3.05, 3.63) is 27.7 Å². The average molecular weight is 286 g/mol. The summed E-state index contributed by atoms with van der Waals surface area (Å²) in [5, 5.41) is 9.58. The maximum Gasteiger partial charge on any atom is 0.333 e. The molecule has 0 unspecified atom stereocenters. The highest BCUT2D eigenvalue weighted by molar-refractivity contribution is 7.99. The predicted molar refractivity (Wildman–Crippen MR) is 76.5 cm³/mol. The molecule has 0 fully saturated rings. The Labute approximate surface area is 116 Å². The Kier molecular flexibility index (Phi) is 6.29. The molecule has 0 saturated carbocycles. The van der Waals surface area contributed by atoms with Gasteiger partial charge in [0.2, 0.25) is 0 Å². The molecule has 0 amide bonds. The summed E-state index contributed by atoms with van der Waals surface area (Å²) in [6.45, 7) is 4.26. The predicted octanol–water partition coefficient (Wildman–Crippen LogP) is 3.58. The van der Waals surface area contributed by atoms with Crippen LogP contribution in [0.1, 0.15) is 23.6 Å². The molecule has 1 heterocycles. The molecule has 0 bridgehead atoms. The van der Waals surface area contributed by atoms with Crippen LogP contribution in [0.4, 0.5) is 0 Å². The van der Waals surface area contributed by atoms with E-state index in [9.17, 15) is 9.90 Å². The van der Waals surface area contributed by atoms with Crippen LogP contribution >= 0.6 is 23.1 Å². The van der Waals surface area contributed by atoms with E-state index < -0.39 is 5.97 Å². The van der Waals surface area contributed by atoms with Gasteiger partial charge in [-0.05, 0) is 18.9 Å². The van der Waals surface area contributed by atoms with E-state index in [0.29, 0.717) is 5.75 Å². The zero-order chi connectivity index (χ0) is 13.5. The normalized spacial score (nSPS) is 11.6. The third-order valence-electron chi connectivity index (χ3n) is 2.35. The quantitative estimate of drug-likeness (QED) is 0.376. The van der Waals surface area contributed by atoms with Crippen molar-refractivity contribution in [2.45, 2.75) is 31.6 Å². The van der Waals surface area contributed by atoms with Crippen LogP contribution in [0.3, 0.4) is 0 Å². The lowest BCUT2D eigenvalue weighted by molar-refractivity contribution is -0.135. The van der Waals surface area contributed by atoms with Crippen LogP contribution in [0, 0.1) is 0 Å². The van der Waals surface area contributed by atoms with Crippen LogP contribution in [-0.2, 0) is 22.4 Å². The molecule has 1 aromatic rings. The smallest absolute Gasteiger partial charge is 0.333 e. The number of aliphatic hydroxyl groups excluding tert-OH is 1. The Morgan fingerprint density at radius 1 is 1.50 bits per heavy atom. The summed E-state index contributed by atoms with van der Waals surface area (Å²) in [5.41, 5.74) is 0. The molecule has 1 aromatic heterocycles. The minimum atomic E-state index is -0.525. The highest BCUT2D eigenvalue weighted by Crippen LogP contribution is 2.32. The van der Waals surface area contributed by atoms with Gasteiger partial charge in [-0.1, -0.05) is 13.8 Å². The van der Waals surface area contributed by atoms with Crippen LogP contribution in [-0.4, -0.2) is 23.9 Å². The summed E-state index contributed by atoms with van der Waals surface area (Å²) in [6.07, 6.45) is 3.14. The summed E-state index contributed by atoms with van der Waals surface area (Å²) in [6, 6.07) is 2.17. The van der Waals surface area contributed by atoms with Crippen molar-refractivity contribution in [3.8, 4) is 0 Å². The van der Waals surface area contributed by atoms with Gasteiger partial charge in [-0.25, -0.2) is 4.79 Å². The number of carbonyl (C=O) groups is 1. The highest BCUT2D eigenvalue weighted by Gasteiger charge is 2.08. The van der Waals surface area contributed by atoms with Gasteiger partial charge in [0.15, 0.2) is 0 Å². The molecule has 3 nitrogen and oxygen atoms in total. The van der Waals surface area contributed by atoms with Gasteiger partial charge >= 0.3 is 5.97 Å². The van der Waals surface area contributed by atoms with Crippen molar-refractivity contribution in [1.29, 1.82) is 0 Å². The molecule has 5 heteroatoms. The fourth-order valence-electron chi connectivity index (χ4n) is 1.40. The lowest BCUT2D eigenvalue weighted by atomic mass is 10.3. The number of aryl methyl sites for hydroxylation is 2. The Balaban J connectivity index is 2.65. The molecular weight excluding hydrogens is 268 g/mol. The van der Waals surface area contributed by atoms with E-state index in [1.165, 1.54) is 21.8 Å². The third kappa shape index (κ3) is 4.38. The van der Waals surface area contributed by atoms with Crippen LogP contribution < -0.4 is 0 Å². The van der Waals surface area contributed by atoms with E-state index in [1.54, 1.807) is 11.8 Å². The first kappa shape index (κ1) is 15.1. The Morgan fingerprint density at radius 3 is 2.78 bits per heavy atom. The molecule has 0 atom stereocenters. The van der Waals surface area contributed by atoms with Gasteiger partial charge in [-0.2, -0.15) is 0 Å². The second-order valence-electron chi connectivity index (χ2n) is 3.65. The molecule has 0 radical (unpaired) electrons. The molecule has 1 N–H and O–H groups in total. The van der Waals surface area contributed by atoms with Gasteiger partial charge in [-0.3, -0.25) is 0 Å². The minimum absolute atomic E-state index is 0.0400. The Hall–Kier alpha value is -0.940. The highest BCUT2D eigenvalue weighted by atomic mass is 32.2. The number of rotatable bonds is 6. The minimum Gasteiger partial charge on any atom is -0.511 e. The van der Waals surface area contributed by atoms with Crippen molar-refractivity contribution >= 4 is 29.1 Å². The van der Waals surface area contributed by atoms with E-state index in [4.69, 9.17) is 0 Å². The first-order valence-electron chi connectivity index (χ1n) is 5.82. The zero-order valence-corrected chi connectivity index (χ0v) is 12.5. The fraction of sp³-hybridized carbons (Fsp3) is 0.462. The van der Waals surface area contributed by atoms with Gasteiger partial charge in [0.1, 0.15) is 5.76 Å². The molecule has 0 aliphatic carbocycles. The number of esters is 1. The number of carbonyl (C=O) groups excluding carboxylic acids is 1. The number of hydrogen-bond donors (Lipinski definition) is 1. The van der Waals surface area contributed by atoms with Crippen LogP contribution in [0.2, 0.25) is 0 Å². The second kappa shape index (κ2) is 7.48. The van der Waals surface area contributed by atoms with Crippen molar-refractivity contribution in [2.24, 2.45) is 0 Å². The van der Waals surface area contributed by atoms with E-state index >= 15 is 0 Å². The van der Waals surface area contributed by atoms with Gasteiger partial charge in [0.25, 0.3) is 0 Å². The lowest BCUT2D eigenvalue weighted by Gasteiger charge is -2.01. The molecule has 0 saturated heterocycles. The topological polar surface area (TPSA) is 46.5 Å². The third-order valence-corrected chi connectivity index (χ3v) is 5.02. The zero-order valence-electron chi connectivity index (χ0n) is 10.9. The van der Waals surface area contributed by atoms with Gasteiger partial charge in [0.05, 0.1) is 18.9 Å². The van der Waals surface area contributed by atoms with E-state index in [-0.39, 0.29) is 5.76 Å². The number of aliphatic hydroxyl groups is 1. The first-order valence-corrected chi connectivity index (χ1v) is 7.62. The first-order chi connectivity index (χ1) is 8.60. The van der Waals surface area contributed by atoms with E-state index in [2.05, 4.69) is 24.7 Å². The summed E-state index contributed by atoms with van der Waals surface area (Å²) < 4.78 is 4.46. The lowest BCUT2D eigenvalue weighted by Crippen LogP contribution is -1.98. The van der Waals surface area contributed by atoms with Gasteiger partial charge in [-0.15, -0.1) is 23.1 Å². The second-order valence-corrected chi connectivity index (χ2v) is 5.89. The molecular formula is C13H18O3S2. The Bertz CT molecular complexity index is 435. The molecule has 0 aliphatic heterocycles. The van der Waals surface area contributed by atoms with Crippen LogP contribution in [0.15, 0.2) is 22.8 Å². The molecule has 0 aromatic carbocycles. The summed E-state index contributed by atoms with van der Waals surface area (Å²) in [4.78, 5) is 14.8. The number of ether oxygens (including phenoxy) is 1. The SMILES string of the molecule is CCc1cc(SC/C(O)=C/C(=O)OC)c(CC)s1. The van der Waals surface area contributed by atoms with Crippen LogP contribution in [0.5, 0.6) is 0 Å². The Morgan fingerprint density at radius 2 is 2.22 bits per heavy atom. The van der Waals surface area contributed by atoms with Gasteiger partial charge in [0, 0.05) is 14.6 Å². The van der Waals surface area contributed by atoms with Crippen LogP contribution in [0.25, 0.3) is 0 Å². The van der Waals surface area contributed by atoms with Crippen molar-refractivity contribution in [3.63, 3.8) is 0 Å². The van der Waals surface area contributed by atoms with E-state index in [0.717, 1.165) is 18.9 Å². The van der Waals surface area contributed by atoms with Crippen molar-refractivity contribution in [1.82, 2.24) is 0 Å². The number of thioether (sulfide) groups is 1. The van der Waals surface area contributed by atoms with Crippen molar-refractivity contribution in [2.75, 3.05) is 12.9 Å². The molecule has 1 rings (SSSR count). The largest absolute Gasteiger partial charge is 0.511 e. The number of hydrogen-bond acceptors (Lipinski definition) is 5. The maximum absolute atomic E-state index is 10.9. The fourth-order valence-corrected chi connectivity index (χ4v) is 3.63. The maximum atomic E-state index is 10.9. The molecule has 0 spiro atoms. The average Bonchev–Trinajstić information content (AvgIpc) is 2.78. The summed E-state index contributed by atoms with van der Waals surface area (Å²) in [7, 11) is 1.29. The standard InChI is InChI=1S/C13H18O3S2/c1-4-10-7-12(11(5-2)18-10)17-8-9(14)6-13(15)16-3/h6-7,14H,4-5,8H2,1-3H3/b9-6-. The van der Waals surface area contributed by atoms with Crippen molar-refractivity contribution < 1.29 is 14.6 Å². The molecule has 18 heavy (non-hydrogen) atoms. The molecule has 0 aliphatic rings. The summed E-state index contributed by atoms with van der Waals surface area (Å²) >= 11 is 3.37. The molecule has 100 valence electrons. The summed E-state index contributed by atoms with van der Waals surface area (Å²) in [5.74, 6) is -0.0938. The van der Waals surface area contributed by atoms with E-state index in [1.807, 2.05) is 11.3 Å².